The molecule has 0 saturated carbocycles. The summed E-state index contributed by atoms with van der Waals surface area (Å²) in [6, 6.07) is 13.0. The SMILES string of the molecule is CCc1cc2ccccc2[cH-]1.[Cl-].[Cl-].[Hf]. The second-order valence-corrected chi connectivity index (χ2v) is 2.85. The number of benzene rings is 1. The molecule has 0 unspecified atom stereocenters. The third-order valence-corrected chi connectivity index (χ3v) is 2.09. The van der Waals surface area contributed by atoms with Gasteiger partial charge in [-0.25, -0.2) is 0 Å². The van der Waals surface area contributed by atoms with E-state index in [9.17, 15) is 0 Å². The number of fused-ring (bicyclic) bond motifs is 1. The minimum absolute atomic E-state index is 0. The summed E-state index contributed by atoms with van der Waals surface area (Å²) in [7, 11) is 0. The zero-order valence-electron chi connectivity index (χ0n) is 7.93. The van der Waals surface area contributed by atoms with Gasteiger partial charge in [0.15, 0.2) is 0 Å². The van der Waals surface area contributed by atoms with Gasteiger partial charge >= 0.3 is 0 Å². The zero-order chi connectivity index (χ0) is 7.68. The Morgan fingerprint density at radius 3 is 2.36 bits per heavy atom. The Morgan fingerprint density at radius 2 is 1.79 bits per heavy atom. The fraction of sp³-hybridized carbons (Fsp3) is 0.182. The van der Waals surface area contributed by atoms with E-state index in [1.165, 1.54) is 16.3 Å². The molecule has 0 nitrogen and oxygen atoms in total. The second-order valence-electron chi connectivity index (χ2n) is 2.85. The van der Waals surface area contributed by atoms with Crippen molar-refractivity contribution < 1.29 is 50.7 Å². The molecule has 0 N–H and O–H groups in total. The molecule has 0 aliphatic carbocycles. The van der Waals surface area contributed by atoms with Gasteiger partial charge < -0.3 is 24.8 Å². The molecule has 2 rings (SSSR count). The molecule has 0 aliphatic rings. The molecule has 0 spiro atoms. The van der Waals surface area contributed by atoms with Crippen LogP contribution >= 0.6 is 0 Å². The van der Waals surface area contributed by atoms with Crippen LogP contribution in [0.15, 0.2) is 36.4 Å². The fourth-order valence-electron chi connectivity index (χ4n) is 1.42. The summed E-state index contributed by atoms with van der Waals surface area (Å²) in [5.41, 5.74) is 1.44. The van der Waals surface area contributed by atoms with E-state index in [2.05, 4.69) is 43.3 Å². The predicted molar refractivity (Wildman–Crippen MR) is 48.9 cm³/mol. The summed E-state index contributed by atoms with van der Waals surface area (Å²) in [4.78, 5) is 0. The quantitative estimate of drug-likeness (QED) is 0.362. The minimum atomic E-state index is 0. The molecule has 0 aliphatic heterocycles. The summed E-state index contributed by atoms with van der Waals surface area (Å²) < 4.78 is 0. The number of aryl methyl sites for hydroxylation is 1. The van der Waals surface area contributed by atoms with Gasteiger partial charge in [-0.15, -0.1) is 40.6 Å². The zero-order valence-corrected chi connectivity index (χ0v) is 13.0. The first-order valence-corrected chi connectivity index (χ1v) is 4.04. The molecular formula is C11H11Cl2Hf-3. The first-order chi connectivity index (χ1) is 5.40. The molecule has 2 aromatic rings. The van der Waals surface area contributed by atoms with Gasteiger partial charge in [-0.05, 0) is 6.42 Å². The van der Waals surface area contributed by atoms with Gasteiger partial charge in [-0.2, -0.15) is 6.07 Å². The van der Waals surface area contributed by atoms with Crippen molar-refractivity contribution in [1.29, 1.82) is 0 Å². The van der Waals surface area contributed by atoms with E-state index in [1.807, 2.05) is 0 Å². The Morgan fingerprint density at radius 1 is 1.14 bits per heavy atom. The van der Waals surface area contributed by atoms with Gasteiger partial charge in [0, 0.05) is 25.8 Å². The number of halogens is 2. The molecule has 0 bridgehead atoms. The molecule has 2 aromatic carbocycles. The van der Waals surface area contributed by atoms with Gasteiger partial charge in [-0.1, -0.05) is 13.0 Å². The summed E-state index contributed by atoms with van der Waals surface area (Å²) in [6.45, 7) is 2.19. The van der Waals surface area contributed by atoms with Crippen LogP contribution in [0.4, 0.5) is 0 Å². The first-order valence-electron chi connectivity index (χ1n) is 4.04. The summed E-state index contributed by atoms with van der Waals surface area (Å²) >= 11 is 0. The molecule has 14 heavy (non-hydrogen) atoms. The van der Waals surface area contributed by atoms with Gasteiger partial charge in [-0.3, -0.25) is 0 Å². The van der Waals surface area contributed by atoms with Crippen LogP contribution in [0.1, 0.15) is 12.5 Å². The molecule has 76 valence electrons. The van der Waals surface area contributed by atoms with Crippen molar-refractivity contribution in [2.75, 3.05) is 0 Å². The number of hydrogen-bond donors (Lipinski definition) is 0. The van der Waals surface area contributed by atoms with Crippen molar-refractivity contribution in [1.82, 2.24) is 0 Å². The molecule has 0 fully saturated rings. The maximum atomic E-state index is 2.26. The van der Waals surface area contributed by atoms with Crippen LogP contribution in [-0.4, -0.2) is 0 Å². The maximum absolute atomic E-state index is 2.26. The van der Waals surface area contributed by atoms with Crippen LogP contribution in [0.25, 0.3) is 10.8 Å². The van der Waals surface area contributed by atoms with Crippen molar-refractivity contribution >= 4 is 10.8 Å². The van der Waals surface area contributed by atoms with E-state index in [1.54, 1.807) is 0 Å². The fourth-order valence-corrected chi connectivity index (χ4v) is 1.42. The average Bonchev–Trinajstić information content (AvgIpc) is 2.46. The summed E-state index contributed by atoms with van der Waals surface area (Å²) in [5, 5.41) is 2.73. The minimum Gasteiger partial charge on any atom is -1.00 e. The van der Waals surface area contributed by atoms with Crippen molar-refractivity contribution in [3.63, 3.8) is 0 Å². The van der Waals surface area contributed by atoms with Gasteiger partial charge in [0.1, 0.15) is 0 Å². The summed E-state index contributed by atoms with van der Waals surface area (Å²) in [6.07, 6.45) is 1.13. The van der Waals surface area contributed by atoms with Gasteiger partial charge in [0.05, 0.1) is 0 Å². The number of rotatable bonds is 1. The first kappa shape index (κ1) is 16.7. The molecule has 0 aromatic heterocycles. The Bertz CT molecular complexity index is 335. The van der Waals surface area contributed by atoms with E-state index in [-0.39, 0.29) is 50.7 Å². The van der Waals surface area contributed by atoms with Crippen molar-refractivity contribution in [2.45, 2.75) is 13.3 Å². The molecule has 0 atom stereocenters. The smallest absolute Gasteiger partial charge is 0 e. The Hall–Kier alpha value is 0.280. The number of hydrogen-bond acceptors (Lipinski definition) is 0. The van der Waals surface area contributed by atoms with Crippen LogP contribution < -0.4 is 24.8 Å². The van der Waals surface area contributed by atoms with Crippen LogP contribution in [0.5, 0.6) is 0 Å². The Balaban J connectivity index is 0. The predicted octanol–water partition coefficient (Wildman–Crippen LogP) is -2.87. The average molecular weight is 393 g/mol. The van der Waals surface area contributed by atoms with Crippen LogP contribution in [0, 0.1) is 0 Å². The second kappa shape index (κ2) is 7.56. The van der Waals surface area contributed by atoms with E-state index in [4.69, 9.17) is 0 Å². The topological polar surface area (TPSA) is 0 Å². The van der Waals surface area contributed by atoms with Crippen LogP contribution in [0.3, 0.4) is 0 Å². The van der Waals surface area contributed by atoms with E-state index >= 15 is 0 Å². The monoisotopic (exact) mass is 393 g/mol. The van der Waals surface area contributed by atoms with E-state index < -0.39 is 0 Å². The summed E-state index contributed by atoms with van der Waals surface area (Å²) in [5.74, 6) is 0. The molecule has 0 radical (unpaired) electrons. The Labute approximate surface area is 116 Å². The van der Waals surface area contributed by atoms with Crippen LogP contribution in [0.2, 0.25) is 0 Å². The standard InChI is InChI=1S/C11H11.2ClH.Hf/c1-2-9-7-10-5-3-4-6-11(10)8-9;;;/h3-8H,2H2,1H3;2*1H;/q-1;;;/p-2. The largest absolute Gasteiger partial charge is 1.00 e. The maximum Gasteiger partial charge on any atom is 0 e. The van der Waals surface area contributed by atoms with E-state index in [0.717, 1.165) is 6.42 Å². The van der Waals surface area contributed by atoms with Crippen molar-refractivity contribution in [2.24, 2.45) is 0 Å². The molecule has 0 amide bonds. The molecular weight excluding hydrogens is 382 g/mol. The Kier molecular flexibility index (Phi) is 9.01. The van der Waals surface area contributed by atoms with Gasteiger partial charge in [0.25, 0.3) is 0 Å². The molecule has 3 heteroatoms. The third-order valence-electron chi connectivity index (χ3n) is 2.09. The normalized spacial score (nSPS) is 8.36. The van der Waals surface area contributed by atoms with E-state index in [0.29, 0.717) is 0 Å². The van der Waals surface area contributed by atoms with Crippen molar-refractivity contribution in [3.8, 4) is 0 Å². The molecule has 0 heterocycles. The molecule has 0 saturated heterocycles. The van der Waals surface area contributed by atoms with Gasteiger partial charge in [0.2, 0.25) is 0 Å². The van der Waals surface area contributed by atoms with Crippen molar-refractivity contribution in [3.05, 3.63) is 42.0 Å². The third kappa shape index (κ3) is 3.45. The van der Waals surface area contributed by atoms with Crippen LogP contribution in [-0.2, 0) is 32.3 Å².